The SMILES string of the molecule is CCOC(=O)COc1ccccc1/C=N\NC(=O)c1ccc(NC(C)=O)cc1. The highest BCUT2D eigenvalue weighted by atomic mass is 16.6. The van der Waals surface area contributed by atoms with Gasteiger partial charge >= 0.3 is 5.97 Å². The molecule has 0 spiro atoms. The number of hydrogen-bond donors (Lipinski definition) is 2. The fourth-order valence-electron chi connectivity index (χ4n) is 2.19. The molecule has 0 atom stereocenters. The molecule has 0 aliphatic rings. The van der Waals surface area contributed by atoms with Gasteiger partial charge in [-0.15, -0.1) is 0 Å². The molecule has 146 valence electrons. The van der Waals surface area contributed by atoms with E-state index in [-0.39, 0.29) is 19.1 Å². The minimum absolute atomic E-state index is 0.189. The zero-order valence-electron chi connectivity index (χ0n) is 15.6. The minimum atomic E-state index is -0.467. The number of esters is 1. The Morgan fingerprint density at radius 3 is 2.46 bits per heavy atom. The Morgan fingerprint density at radius 2 is 1.79 bits per heavy atom. The third-order valence-corrected chi connectivity index (χ3v) is 3.41. The Bertz CT molecular complexity index is 862. The predicted molar refractivity (Wildman–Crippen MR) is 104 cm³/mol. The van der Waals surface area contributed by atoms with Crippen LogP contribution in [0, 0.1) is 0 Å². The van der Waals surface area contributed by atoms with Crippen LogP contribution in [-0.2, 0) is 14.3 Å². The zero-order chi connectivity index (χ0) is 20.4. The molecular weight excluding hydrogens is 362 g/mol. The second-order valence-corrected chi connectivity index (χ2v) is 5.59. The lowest BCUT2D eigenvalue weighted by Crippen LogP contribution is -2.18. The molecule has 0 saturated carbocycles. The quantitative estimate of drug-likeness (QED) is 0.413. The summed E-state index contributed by atoms with van der Waals surface area (Å²) in [6, 6.07) is 13.4. The Morgan fingerprint density at radius 1 is 1.07 bits per heavy atom. The molecule has 2 aromatic carbocycles. The molecule has 8 nitrogen and oxygen atoms in total. The van der Waals surface area contributed by atoms with Crippen LogP contribution in [0.25, 0.3) is 0 Å². The van der Waals surface area contributed by atoms with Crippen molar-refractivity contribution in [1.82, 2.24) is 5.43 Å². The lowest BCUT2D eigenvalue weighted by Gasteiger charge is -2.08. The van der Waals surface area contributed by atoms with Crippen molar-refractivity contribution in [1.29, 1.82) is 0 Å². The highest BCUT2D eigenvalue weighted by Gasteiger charge is 2.07. The summed E-state index contributed by atoms with van der Waals surface area (Å²) in [6.45, 7) is 3.19. The van der Waals surface area contributed by atoms with Crippen molar-refractivity contribution in [2.75, 3.05) is 18.5 Å². The fourth-order valence-corrected chi connectivity index (χ4v) is 2.19. The Labute approximate surface area is 162 Å². The monoisotopic (exact) mass is 383 g/mol. The number of carbonyl (C=O) groups is 3. The molecule has 0 fully saturated rings. The van der Waals surface area contributed by atoms with E-state index < -0.39 is 11.9 Å². The minimum Gasteiger partial charge on any atom is -0.481 e. The van der Waals surface area contributed by atoms with Crippen LogP contribution >= 0.6 is 0 Å². The van der Waals surface area contributed by atoms with Gasteiger partial charge in [-0.25, -0.2) is 10.2 Å². The Hall–Kier alpha value is -3.68. The summed E-state index contributed by atoms with van der Waals surface area (Å²) in [5, 5.41) is 6.54. The molecule has 2 amide bonds. The van der Waals surface area contributed by atoms with Gasteiger partial charge in [0.05, 0.1) is 12.8 Å². The summed E-state index contributed by atoms with van der Waals surface area (Å²) in [7, 11) is 0. The predicted octanol–water partition coefficient (Wildman–Crippen LogP) is 2.35. The topological polar surface area (TPSA) is 106 Å². The average molecular weight is 383 g/mol. The van der Waals surface area contributed by atoms with Crippen molar-refractivity contribution in [3.05, 3.63) is 59.7 Å². The summed E-state index contributed by atoms with van der Waals surface area (Å²) in [6.07, 6.45) is 1.42. The van der Waals surface area contributed by atoms with Crippen LogP contribution in [-0.4, -0.2) is 37.2 Å². The maximum absolute atomic E-state index is 12.1. The fraction of sp³-hybridized carbons (Fsp3) is 0.200. The normalized spacial score (nSPS) is 10.4. The standard InChI is InChI=1S/C20H21N3O5/c1-3-27-19(25)13-28-18-7-5-4-6-16(18)12-21-23-20(26)15-8-10-17(11-9-15)22-14(2)24/h4-12H,3,13H2,1-2H3,(H,22,24)(H,23,26)/b21-12-. The summed E-state index contributed by atoms with van der Waals surface area (Å²) < 4.78 is 10.2. The molecule has 0 aromatic heterocycles. The molecule has 0 bridgehead atoms. The van der Waals surface area contributed by atoms with E-state index in [0.717, 1.165) is 0 Å². The molecule has 0 radical (unpaired) electrons. The Balaban J connectivity index is 1.95. The van der Waals surface area contributed by atoms with Crippen molar-refractivity contribution >= 4 is 29.7 Å². The van der Waals surface area contributed by atoms with Crippen LogP contribution in [0.2, 0.25) is 0 Å². The number of nitrogens with one attached hydrogen (secondary N) is 2. The largest absolute Gasteiger partial charge is 0.481 e. The van der Waals surface area contributed by atoms with E-state index in [2.05, 4.69) is 15.8 Å². The van der Waals surface area contributed by atoms with Gasteiger partial charge in [0.15, 0.2) is 6.61 Å². The first-order chi connectivity index (χ1) is 13.5. The van der Waals surface area contributed by atoms with Crippen molar-refractivity contribution in [3.63, 3.8) is 0 Å². The number of benzene rings is 2. The number of hydrazone groups is 1. The van der Waals surface area contributed by atoms with Crippen LogP contribution in [0.3, 0.4) is 0 Å². The highest BCUT2D eigenvalue weighted by Crippen LogP contribution is 2.16. The van der Waals surface area contributed by atoms with Crippen molar-refractivity contribution in [2.24, 2.45) is 5.10 Å². The maximum atomic E-state index is 12.1. The summed E-state index contributed by atoms with van der Waals surface area (Å²) in [5.41, 5.74) is 3.99. The molecule has 8 heteroatoms. The maximum Gasteiger partial charge on any atom is 0.344 e. The van der Waals surface area contributed by atoms with Gasteiger partial charge in [-0.05, 0) is 43.3 Å². The lowest BCUT2D eigenvalue weighted by molar-refractivity contribution is -0.145. The number of para-hydroxylation sites is 1. The van der Waals surface area contributed by atoms with Gasteiger partial charge in [0.2, 0.25) is 5.91 Å². The molecule has 2 aromatic rings. The average Bonchev–Trinajstić information content (AvgIpc) is 2.67. The first-order valence-corrected chi connectivity index (χ1v) is 8.58. The van der Waals surface area contributed by atoms with Gasteiger partial charge in [0, 0.05) is 23.7 Å². The molecule has 28 heavy (non-hydrogen) atoms. The van der Waals surface area contributed by atoms with Gasteiger partial charge in [0.1, 0.15) is 5.75 Å². The van der Waals surface area contributed by atoms with Crippen molar-refractivity contribution in [3.8, 4) is 5.75 Å². The van der Waals surface area contributed by atoms with E-state index in [1.165, 1.54) is 13.1 Å². The third kappa shape index (κ3) is 6.56. The van der Waals surface area contributed by atoms with Gasteiger partial charge in [-0.1, -0.05) is 12.1 Å². The molecule has 0 unspecified atom stereocenters. The molecule has 0 aliphatic carbocycles. The molecule has 0 aliphatic heterocycles. The number of ether oxygens (including phenoxy) is 2. The van der Waals surface area contributed by atoms with Crippen LogP contribution < -0.4 is 15.5 Å². The number of amides is 2. The van der Waals surface area contributed by atoms with E-state index >= 15 is 0 Å². The van der Waals surface area contributed by atoms with Gasteiger partial charge < -0.3 is 14.8 Å². The molecular formula is C20H21N3O5. The molecule has 2 rings (SSSR count). The first-order valence-electron chi connectivity index (χ1n) is 8.58. The first kappa shape index (κ1) is 20.6. The second kappa shape index (κ2) is 10.5. The lowest BCUT2D eigenvalue weighted by atomic mass is 10.2. The summed E-state index contributed by atoms with van der Waals surface area (Å²) >= 11 is 0. The van der Waals surface area contributed by atoms with Gasteiger partial charge in [-0.3, -0.25) is 9.59 Å². The van der Waals surface area contributed by atoms with Crippen molar-refractivity contribution in [2.45, 2.75) is 13.8 Å². The highest BCUT2D eigenvalue weighted by molar-refractivity contribution is 5.96. The van der Waals surface area contributed by atoms with Crippen LogP contribution in [0.5, 0.6) is 5.75 Å². The van der Waals surface area contributed by atoms with E-state index in [4.69, 9.17) is 9.47 Å². The Kier molecular flexibility index (Phi) is 7.71. The van der Waals surface area contributed by atoms with Crippen LogP contribution in [0.4, 0.5) is 5.69 Å². The second-order valence-electron chi connectivity index (χ2n) is 5.59. The summed E-state index contributed by atoms with van der Waals surface area (Å²) in [5.74, 6) is -0.625. The number of carbonyl (C=O) groups excluding carboxylic acids is 3. The van der Waals surface area contributed by atoms with Crippen LogP contribution in [0.15, 0.2) is 53.6 Å². The number of nitrogens with zero attached hydrogens (tertiary/aromatic N) is 1. The van der Waals surface area contributed by atoms with Crippen molar-refractivity contribution < 1.29 is 23.9 Å². The van der Waals surface area contributed by atoms with Crippen LogP contribution in [0.1, 0.15) is 29.8 Å². The third-order valence-electron chi connectivity index (χ3n) is 3.41. The number of rotatable bonds is 8. The number of anilines is 1. The van der Waals surface area contributed by atoms with E-state index in [0.29, 0.717) is 22.6 Å². The van der Waals surface area contributed by atoms with E-state index in [1.54, 1.807) is 55.5 Å². The number of hydrogen-bond acceptors (Lipinski definition) is 6. The summed E-state index contributed by atoms with van der Waals surface area (Å²) in [4.78, 5) is 34.6. The zero-order valence-corrected chi connectivity index (χ0v) is 15.6. The molecule has 0 saturated heterocycles. The smallest absolute Gasteiger partial charge is 0.344 e. The van der Waals surface area contributed by atoms with Gasteiger partial charge in [0.25, 0.3) is 5.91 Å². The van der Waals surface area contributed by atoms with E-state index in [9.17, 15) is 14.4 Å². The van der Waals surface area contributed by atoms with Gasteiger partial charge in [-0.2, -0.15) is 5.10 Å². The van der Waals surface area contributed by atoms with E-state index in [1.807, 2.05) is 0 Å². The molecule has 0 heterocycles. The molecule has 2 N–H and O–H groups in total.